The predicted octanol–water partition coefficient (Wildman–Crippen LogP) is 4.30. The Bertz CT molecular complexity index is 1050. The molecule has 2 aromatic carbocycles. The topological polar surface area (TPSA) is 73.9 Å². The van der Waals surface area contributed by atoms with Gasteiger partial charge in [0.25, 0.3) is 5.56 Å². The van der Waals surface area contributed by atoms with E-state index < -0.39 is 0 Å². The molecule has 136 valence electrons. The lowest BCUT2D eigenvalue weighted by Gasteiger charge is -2.01. The fraction of sp³-hybridized carbons (Fsp3) is 0.227. The van der Waals surface area contributed by atoms with Crippen LogP contribution in [0.25, 0.3) is 5.69 Å². The molecular weight excluding hydrogens is 336 g/mol. The van der Waals surface area contributed by atoms with E-state index in [9.17, 15) is 4.79 Å². The average Bonchev–Trinajstić information content (AvgIpc) is 3.02. The van der Waals surface area contributed by atoms with E-state index in [2.05, 4.69) is 30.0 Å². The molecular formula is C22H22N4O. The van der Waals surface area contributed by atoms with Gasteiger partial charge in [0.1, 0.15) is 0 Å². The molecule has 0 aliphatic carbocycles. The molecule has 0 amide bonds. The SMILES string of the molecule is CCCc1[nH]n(-c2ccc(C#N)cc2)c(=O)c1C=Nc1ccccc1CC. The van der Waals surface area contributed by atoms with Gasteiger partial charge in [0, 0.05) is 11.9 Å². The number of rotatable bonds is 6. The standard InChI is InChI=1S/C22H22N4O/c1-3-7-21-19(15-24-20-9-6-5-8-17(20)4-2)22(27)26(25-21)18-12-10-16(14-23)11-13-18/h5-6,8-13,15,25H,3-4,7H2,1-2H3. The summed E-state index contributed by atoms with van der Waals surface area (Å²) in [6, 6.07) is 17.0. The molecule has 0 bridgehead atoms. The third-order valence-electron chi connectivity index (χ3n) is 4.47. The number of aromatic amines is 1. The Kier molecular flexibility index (Phi) is 5.68. The normalized spacial score (nSPS) is 11.0. The molecule has 27 heavy (non-hydrogen) atoms. The maximum Gasteiger partial charge on any atom is 0.280 e. The number of nitrogens with one attached hydrogen (secondary N) is 1. The van der Waals surface area contributed by atoms with E-state index in [0.29, 0.717) is 16.8 Å². The van der Waals surface area contributed by atoms with Crippen molar-refractivity contribution in [1.29, 1.82) is 5.26 Å². The molecule has 0 fully saturated rings. The van der Waals surface area contributed by atoms with Crippen LogP contribution < -0.4 is 5.56 Å². The van der Waals surface area contributed by atoms with Gasteiger partial charge in [-0.15, -0.1) is 0 Å². The zero-order valence-corrected chi connectivity index (χ0v) is 15.6. The highest BCUT2D eigenvalue weighted by molar-refractivity contribution is 5.83. The summed E-state index contributed by atoms with van der Waals surface area (Å²) < 4.78 is 1.51. The lowest BCUT2D eigenvalue weighted by molar-refractivity contribution is 0.793. The first-order chi connectivity index (χ1) is 13.2. The Morgan fingerprint density at radius 1 is 1.15 bits per heavy atom. The largest absolute Gasteiger partial charge is 0.294 e. The third kappa shape index (κ3) is 3.90. The number of nitrogens with zero attached hydrogens (tertiary/aromatic N) is 3. The molecule has 1 aromatic heterocycles. The van der Waals surface area contributed by atoms with Gasteiger partial charge < -0.3 is 0 Å². The summed E-state index contributed by atoms with van der Waals surface area (Å²) in [5.41, 5.74) is 4.59. The van der Waals surface area contributed by atoms with Crippen LogP contribution in [0.5, 0.6) is 0 Å². The van der Waals surface area contributed by atoms with E-state index in [-0.39, 0.29) is 5.56 Å². The van der Waals surface area contributed by atoms with Gasteiger partial charge in [-0.1, -0.05) is 38.5 Å². The predicted molar refractivity (Wildman–Crippen MR) is 108 cm³/mol. The molecule has 0 aliphatic heterocycles. The van der Waals surface area contributed by atoms with Crippen LogP contribution in [0.2, 0.25) is 0 Å². The van der Waals surface area contributed by atoms with Gasteiger partial charge >= 0.3 is 0 Å². The number of nitriles is 1. The fourth-order valence-corrected chi connectivity index (χ4v) is 3.01. The summed E-state index contributed by atoms with van der Waals surface area (Å²) in [5.74, 6) is 0. The minimum Gasteiger partial charge on any atom is -0.294 e. The Morgan fingerprint density at radius 2 is 1.89 bits per heavy atom. The zero-order chi connectivity index (χ0) is 19.2. The van der Waals surface area contributed by atoms with Crippen LogP contribution in [-0.2, 0) is 12.8 Å². The van der Waals surface area contributed by atoms with Gasteiger partial charge in [-0.2, -0.15) is 5.26 Å². The fourth-order valence-electron chi connectivity index (χ4n) is 3.01. The van der Waals surface area contributed by atoms with Gasteiger partial charge in [-0.25, -0.2) is 4.68 Å². The Balaban J connectivity index is 2.04. The monoisotopic (exact) mass is 358 g/mol. The molecule has 0 aliphatic rings. The maximum atomic E-state index is 13.0. The third-order valence-corrected chi connectivity index (χ3v) is 4.47. The highest BCUT2D eigenvalue weighted by Gasteiger charge is 2.13. The molecule has 1 N–H and O–H groups in total. The molecule has 0 radical (unpaired) electrons. The van der Waals surface area contributed by atoms with Gasteiger partial charge in [0.15, 0.2) is 0 Å². The summed E-state index contributed by atoms with van der Waals surface area (Å²) in [5, 5.41) is 12.1. The first-order valence-corrected chi connectivity index (χ1v) is 9.14. The number of aryl methyl sites for hydroxylation is 2. The molecule has 5 heteroatoms. The minimum absolute atomic E-state index is 0.138. The summed E-state index contributed by atoms with van der Waals surface area (Å²) >= 11 is 0. The molecule has 0 unspecified atom stereocenters. The van der Waals surface area contributed by atoms with E-state index in [0.717, 1.165) is 36.2 Å². The van der Waals surface area contributed by atoms with E-state index >= 15 is 0 Å². The Labute approximate surface area is 158 Å². The summed E-state index contributed by atoms with van der Waals surface area (Å²) in [6.45, 7) is 4.16. The number of hydrogen-bond donors (Lipinski definition) is 1. The Morgan fingerprint density at radius 3 is 2.56 bits per heavy atom. The molecule has 0 saturated heterocycles. The van der Waals surface area contributed by atoms with Crippen molar-refractivity contribution < 1.29 is 0 Å². The second kappa shape index (κ2) is 8.33. The summed E-state index contributed by atoms with van der Waals surface area (Å²) in [6.07, 6.45) is 4.23. The summed E-state index contributed by atoms with van der Waals surface area (Å²) in [4.78, 5) is 17.6. The Hall–Kier alpha value is -3.39. The second-order valence-corrected chi connectivity index (χ2v) is 6.29. The van der Waals surface area contributed by atoms with Crippen LogP contribution in [0.1, 0.15) is 42.7 Å². The van der Waals surface area contributed by atoms with Crippen molar-refractivity contribution in [2.45, 2.75) is 33.1 Å². The van der Waals surface area contributed by atoms with E-state index in [1.807, 2.05) is 24.3 Å². The molecule has 0 saturated carbocycles. The van der Waals surface area contributed by atoms with E-state index in [4.69, 9.17) is 5.26 Å². The molecule has 3 rings (SSSR count). The van der Waals surface area contributed by atoms with Crippen LogP contribution >= 0.6 is 0 Å². The smallest absolute Gasteiger partial charge is 0.280 e. The van der Waals surface area contributed by atoms with Gasteiger partial charge in [-0.3, -0.25) is 14.9 Å². The van der Waals surface area contributed by atoms with Crippen molar-refractivity contribution in [2.24, 2.45) is 4.99 Å². The van der Waals surface area contributed by atoms with Crippen molar-refractivity contribution in [3.8, 4) is 11.8 Å². The minimum atomic E-state index is -0.138. The molecule has 0 atom stereocenters. The van der Waals surface area contributed by atoms with Crippen LogP contribution in [0, 0.1) is 11.3 Å². The number of hydrogen-bond acceptors (Lipinski definition) is 3. The highest BCUT2D eigenvalue weighted by atomic mass is 16.1. The average molecular weight is 358 g/mol. The van der Waals surface area contributed by atoms with Crippen molar-refractivity contribution >= 4 is 11.9 Å². The molecule has 1 heterocycles. The first-order valence-electron chi connectivity index (χ1n) is 9.14. The molecule has 5 nitrogen and oxygen atoms in total. The van der Waals surface area contributed by atoms with Crippen LogP contribution in [0.15, 0.2) is 58.3 Å². The quantitative estimate of drug-likeness (QED) is 0.667. The highest BCUT2D eigenvalue weighted by Crippen LogP contribution is 2.19. The zero-order valence-electron chi connectivity index (χ0n) is 15.6. The van der Waals surface area contributed by atoms with Gasteiger partial charge in [0.2, 0.25) is 0 Å². The number of aliphatic imine (C=N–C) groups is 1. The summed E-state index contributed by atoms with van der Waals surface area (Å²) in [7, 11) is 0. The number of para-hydroxylation sites is 1. The van der Waals surface area contributed by atoms with Crippen molar-refractivity contribution in [3.63, 3.8) is 0 Å². The van der Waals surface area contributed by atoms with Crippen LogP contribution in [0.4, 0.5) is 5.69 Å². The second-order valence-electron chi connectivity index (χ2n) is 6.29. The lowest BCUT2D eigenvalue weighted by atomic mass is 10.1. The van der Waals surface area contributed by atoms with E-state index in [1.54, 1.807) is 30.5 Å². The number of H-pyrrole nitrogens is 1. The van der Waals surface area contributed by atoms with Gasteiger partial charge in [0.05, 0.1) is 28.6 Å². The maximum absolute atomic E-state index is 13.0. The van der Waals surface area contributed by atoms with Crippen molar-refractivity contribution in [3.05, 3.63) is 81.3 Å². The van der Waals surface area contributed by atoms with Crippen molar-refractivity contribution in [1.82, 2.24) is 9.78 Å². The number of benzene rings is 2. The van der Waals surface area contributed by atoms with Gasteiger partial charge in [-0.05, 0) is 48.7 Å². The van der Waals surface area contributed by atoms with Crippen LogP contribution in [0.3, 0.4) is 0 Å². The first kappa shape index (κ1) is 18.4. The van der Waals surface area contributed by atoms with Crippen LogP contribution in [-0.4, -0.2) is 16.0 Å². The molecule has 0 spiro atoms. The lowest BCUT2D eigenvalue weighted by Crippen LogP contribution is -2.17. The number of aromatic nitrogens is 2. The van der Waals surface area contributed by atoms with E-state index in [1.165, 1.54) is 4.68 Å². The van der Waals surface area contributed by atoms with Crippen molar-refractivity contribution in [2.75, 3.05) is 0 Å². The molecule has 3 aromatic rings.